The average molecular weight is 275 g/mol. The molecule has 1 aromatic rings. The normalized spacial score (nSPS) is 16.0. The third-order valence-electron chi connectivity index (χ3n) is 4.16. The van der Waals surface area contributed by atoms with E-state index in [-0.39, 0.29) is 0 Å². The van der Waals surface area contributed by atoms with Crippen molar-refractivity contribution in [3.63, 3.8) is 0 Å². The Balaban J connectivity index is 1.94. The molecular formula is C17H29N3. The van der Waals surface area contributed by atoms with Crippen LogP contribution >= 0.6 is 0 Å². The second-order valence-corrected chi connectivity index (χ2v) is 6.56. The Kier molecular flexibility index (Phi) is 5.84. The van der Waals surface area contributed by atoms with E-state index in [1.165, 1.54) is 43.5 Å². The molecule has 1 N–H and O–H groups in total. The summed E-state index contributed by atoms with van der Waals surface area (Å²) in [7, 11) is 2.22. The summed E-state index contributed by atoms with van der Waals surface area (Å²) in [5.74, 6) is 1.57. The van der Waals surface area contributed by atoms with Crippen LogP contribution in [0.4, 0.5) is 5.69 Å². The summed E-state index contributed by atoms with van der Waals surface area (Å²) in [5, 5.41) is 3.52. The molecule has 1 saturated carbocycles. The first kappa shape index (κ1) is 15.3. The number of nitrogens with zero attached hydrogens (tertiary/aromatic N) is 2. The Morgan fingerprint density at radius 1 is 1.35 bits per heavy atom. The highest BCUT2D eigenvalue weighted by Crippen LogP contribution is 2.27. The largest absolute Gasteiger partial charge is 0.374 e. The number of rotatable bonds is 7. The summed E-state index contributed by atoms with van der Waals surface area (Å²) in [4.78, 5) is 6.71. The Labute approximate surface area is 123 Å². The second-order valence-electron chi connectivity index (χ2n) is 6.56. The molecule has 1 aromatic heterocycles. The van der Waals surface area contributed by atoms with Gasteiger partial charge in [-0.05, 0) is 37.3 Å². The standard InChI is InChI=1S/C17H29N3/c1-14(2)10-19-12-16-11-18-9-8-17(16)20(3)13-15-6-4-5-7-15/h8-9,11,14-15,19H,4-7,10,12-13H2,1-3H3. The summed E-state index contributed by atoms with van der Waals surface area (Å²) in [6.45, 7) is 7.63. The van der Waals surface area contributed by atoms with Gasteiger partial charge in [0.15, 0.2) is 0 Å². The van der Waals surface area contributed by atoms with E-state index in [1.54, 1.807) is 0 Å². The van der Waals surface area contributed by atoms with E-state index in [1.807, 2.05) is 12.4 Å². The molecule has 0 unspecified atom stereocenters. The molecule has 1 fully saturated rings. The van der Waals surface area contributed by atoms with Gasteiger partial charge in [0.25, 0.3) is 0 Å². The third-order valence-corrected chi connectivity index (χ3v) is 4.16. The van der Waals surface area contributed by atoms with Gasteiger partial charge in [0, 0.05) is 43.8 Å². The Bertz CT molecular complexity index is 397. The summed E-state index contributed by atoms with van der Waals surface area (Å²) < 4.78 is 0. The molecule has 1 heterocycles. The van der Waals surface area contributed by atoms with Crippen molar-refractivity contribution >= 4 is 5.69 Å². The molecule has 3 nitrogen and oxygen atoms in total. The van der Waals surface area contributed by atoms with E-state index in [9.17, 15) is 0 Å². The fraction of sp³-hybridized carbons (Fsp3) is 0.706. The van der Waals surface area contributed by atoms with Crippen LogP contribution in [0, 0.1) is 11.8 Å². The van der Waals surface area contributed by atoms with Crippen molar-refractivity contribution in [2.75, 3.05) is 25.0 Å². The summed E-state index contributed by atoms with van der Waals surface area (Å²) >= 11 is 0. The summed E-state index contributed by atoms with van der Waals surface area (Å²) in [5.41, 5.74) is 2.65. The molecule has 20 heavy (non-hydrogen) atoms. The number of pyridine rings is 1. The van der Waals surface area contributed by atoms with Gasteiger partial charge in [0.05, 0.1) is 0 Å². The molecule has 2 rings (SSSR count). The lowest BCUT2D eigenvalue weighted by Gasteiger charge is -2.25. The maximum absolute atomic E-state index is 4.29. The van der Waals surface area contributed by atoms with Gasteiger partial charge in [0.1, 0.15) is 0 Å². The van der Waals surface area contributed by atoms with Gasteiger partial charge in [-0.1, -0.05) is 26.7 Å². The molecule has 0 radical (unpaired) electrons. The molecular weight excluding hydrogens is 246 g/mol. The number of nitrogens with one attached hydrogen (secondary N) is 1. The maximum atomic E-state index is 4.29. The third kappa shape index (κ3) is 4.48. The van der Waals surface area contributed by atoms with Crippen LogP contribution in [0.15, 0.2) is 18.5 Å². The Hall–Kier alpha value is -1.09. The van der Waals surface area contributed by atoms with Crippen LogP contribution in [-0.4, -0.2) is 25.1 Å². The molecule has 0 spiro atoms. The quantitative estimate of drug-likeness (QED) is 0.826. The zero-order valence-electron chi connectivity index (χ0n) is 13.2. The van der Waals surface area contributed by atoms with E-state index in [2.05, 4.69) is 42.2 Å². The van der Waals surface area contributed by atoms with Crippen LogP contribution in [0.1, 0.15) is 45.1 Å². The van der Waals surface area contributed by atoms with Gasteiger partial charge < -0.3 is 10.2 Å². The first-order chi connectivity index (χ1) is 9.66. The van der Waals surface area contributed by atoms with Crippen molar-refractivity contribution in [3.05, 3.63) is 24.0 Å². The van der Waals surface area contributed by atoms with Gasteiger partial charge in [0.2, 0.25) is 0 Å². The van der Waals surface area contributed by atoms with Gasteiger partial charge in [-0.15, -0.1) is 0 Å². The van der Waals surface area contributed by atoms with Crippen LogP contribution < -0.4 is 10.2 Å². The van der Waals surface area contributed by atoms with Crippen molar-refractivity contribution in [3.8, 4) is 0 Å². The zero-order valence-corrected chi connectivity index (χ0v) is 13.2. The minimum atomic E-state index is 0.686. The second kappa shape index (κ2) is 7.63. The molecule has 0 saturated heterocycles. The van der Waals surface area contributed by atoms with Crippen molar-refractivity contribution < 1.29 is 0 Å². The van der Waals surface area contributed by atoms with Crippen LogP contribution in [0.5, 0.6) is 0 Å². The van der Waals surface area contributed by atoms with Gasteiger partial charge in [-0.3, -0.25) is 4.98 Å². The number of hydrogen-bond acceptors (Lipinski definition) is 3. The summed E-state index contributed by atoms with van der Waals surface area (Å²) in [6.07, 6.45) is 9.54. The molecule has 0 aromatic carbocycles. The highest BCUT2D eigenvalue weighted by atomic mass is 15.1. The molecule has 112 valence electrons. The van der Waals surface area contributed by atoms with Crippen LogP contribution in [0.2, 0.25) is 0 Å². The molecule has 3 heteroatoms. The molecule has 0 bridgehead atoms. The highest BCUT2D eigenvalue weighted by Gasteiger charge is 2.18. The van der Waals surface area contributed by atoms with E-state index in [0.29, 0.717) is 5.92 Å². The van der Waals surface area contributed by atoms with Crippen molar-refractivity contribution in [2.45, 2.75) is 46.1 Å². The minimum absolute atomic E-state index is 0.686. The molecule has 1 aliphatic rings. The molecule has 0 atom stereocenters. The monoisotopic (exact) mass is 275 g/mol. The maximum Gasteiger partial charge on any atom is 0.0440 e. The lowest BCUT2D eigenvalue weighted by Crippen LogP contribution is -2.26. The van der Waals surface area contributed by atoms with Crippen LogP contribution in [-0.2, 0) is 6.54 Å². The van der Waals surface area contributed by atoms with E-state index in [0.717, 1.165) is 19.0 Å². The Morgan fingerprint density at radius 3 is 2.80 bits per heavy atom. The van der Waals surface area contributed by atoms with Crippen molar-refractivity contribution in [2.24, 2.45) is 11.8 Å². The van der Waals surface area contributed by atoms with E-state index >= 15 is 0 Å². The smallest absolute Gasteiger partial charge is 0.0440 e. The predicted octanol–water partition coefficient (Wildman–Crippen LogP) is 3.45. The minimum Gasteiger partial charge on any atom is -0.374 e. The lowest BCUT2D eigenvalue weighted by molar-refractivity contribution is 0.540. The van der Waals surface area contributed by atoms with Gasteiger partial charge in [-0.25, -0.2) is 0 Å². The van der Waals surface area contributed by atoms with Crippen LogP contribution in [0.25, 0.3) is 0 Å². The van der Waals surface area contributed by atoms with Crippen LogP contribution in [0.3, 0.4) is 0 Å². The molecule has 0 aliphatic heterocycles. The topological polar surface area (TPSA) is 28.2 Å². The lowest BCUT2D eigenvalue weighted by atomic mass is 10.1. The SMILES string of the molecule is CC(C)CNCc1cnccc1N(C)CC1CCCC1. The highest BCUT2D eigenvalue weighted by molar-refractivity contribution is 5.51. The first-order valence-corrected chi connectivity index (χ1v) is 8.01. The molecule has 0 amide bonds. The average Bonchev–Trinajstić information content (AvgIpc) is 2.91. The van der Waals surface area contributed by atoms with Crippen molar-refractivity contribution in [1.82, 2.24) is 10.3 Å². The first-order valence-electron chi connectivity index (χ1n) is 8.01. The van der Waals surface area contributed by atoms with Crippen molar-refractivity contribution in [1.29, 1.82) is 0 Å². The zero-order chi connectivity index (χ0) is 14.4. The number of aromatic nitrogens is 1. The number of hydrogen-bond donors (Lipinski definition) is 1. The fourth-order valence-corrected chi connectivity index (χ4v) is 3.10. The molecule has 1 aliphatic carbocycles. The van der Waals surface area contributed by atoms with E-state index < -0.39 is 0 Å². The van der Waals surface area contributed by atoms with Gasteiger partial charge >= 0.3 is 0 Å². The number of anilines is 1. The Morgan fingerprint density at radius 2 is 2.10 bits per heavy atom. The fourth-order valence-electron chi connectivity index (χ4n) is 3.10. The van der Waals surface area contributed by atoms with Gasteiger partial charge in [-0.2, -0.15) is 0 Å². The van der Waals surface area contributed by atoms with E-state index in [4.69, 9.17) is 0 Å². The predicted molar refractivity (Wildman–Crippen MR) is 86.0 cm³/mol. The summed E-state index contributed by atoms with van der Waals surface area (Å²) in [6, 6.07) is 2.15.